The standard InChI is InChI=1S/C16H18ClN3O3/c1-10(13(21)18-12-6-4-11(17)5-7-12)20-14(22)16(19-15(20)23)8-2-3-9-16/h4-7,10H,2-3,8-9H2,1H3,(H,18,21)(H,19,23)/t10-/m0/s1. The van der Waals surface area contributed by atoms with Crippen LogP contribution in [0.4, 0.5) is 10.5 Å². The van der Waals surface area contributed by atoms with Gasteiger partial charge in [0.05, 0.1) is 0 Å². The first-order chi connectivity index (χ1) is 10.9. The topological polar surface area (TPSA) is 78.5 Å². The van der Waals surface area contributed by atoms with Gasteiger partial charge in [-0.3, -0.25) is 9.59 Å². The smallest absolute Gasteiger partial charge is 0.324 e. The first-order valence-corrected chi connectivity index (χ1v) is 8.03. The van der Waals surface area contributed by atoms with Crippen LogP contribution >= 0.6 is 11.6 Å². The van der Waals surface area contributed by atoms with E-state index in [4.69, 9.17) is 11.6 Å². The molecule has 2 aliphatic rings. The summed E-state index contributed by atoms with van der Waals surface area (Å²) >= 11 is 5.80. The van der Waals surface area contributed by atoms with Crippen LogP contribution in [0.1, 0.15) is 32.6 Å². The molecule has 1 heterocycles. The number of nitrogens with one attached hydrogen (secondary N) is 2. The first-order valence-electron chi connectivity index (χ1n) is 7.65. The third-order valence-corrected chi connectivity index (χ3v) is 4.78. The maximum absolute atomic E-state index is 12.6. The zero-order chi connectivity index (χ0) is 16.6. The van der Waals surface area contributed by atoms with E-state index in [1.807, 2.05) is 0 Å². The van der Waals surface area contributed by atoms with E-state index >= 15 is 0 Å². The van der Waals surface area contributed by atoms with Gasteiger partial charge in [-0.1, -0.05) is 24.4 Å². The highest BCUT2D eigenvalue weighted by atomic mass is 35.5. The summed E-state index contributed by atoms with van der Waals surface area (Å²) in [5.74, 6) is -0.704. The van der Waals surface area contributed by atoms with Crippen molar-refractivity contribution in [3.8, 4) is 0 Å². The summed E-state index contributed by atoms with van der Waals surface area (Å²) in [6, 6.07) is 5.27. The number of imide groups is 1. The van der Waals surface area contributed by atoms with E-state index in [-0.39, 0.29) is 5.91 Å². The van der Waals surface area contributed by atoms with Gasteiger partial charge in [0.1, 0.15) is 11.6 Å². The molecule has 0 bridgehead atoms. The second-order valence-electron chi connectivity index (χ2n) is 6.07. The Labute approximate surface area is 139 Å². The number of rotatable bonds is 3. The van der Waals surface area contributed by atoms with Crippen LogP contribution in [-0.2, 0) is 9.59 Å². The molecule has 2 fully saturated rings. The van der Waals surface area contributed by atoms with Crippen molar-refractivity contribution < 1.29 is 14.4 Å². The van der Waals surface area contributed by atoms with Crippen molar-refractivity contribution in [3.05, 3.63) is 29.3 Å². The number of anilines is 1. The lowest BCUT2D eigenvalue weighted by Gasteiger charge is -2.23. The fraction of sp³-hybridized carbons (Fsp3) is 0.438. The van der Waals surface area contributed by atoms with Gasteiger partial charge < -0.3 is 10.6 Å². The van der Waals surface area contributed by atoms with Crippen LogP contribution in [0.15, 0.2) is 24.3 Å². The van der Waals surface area contributed by atoms with E-state index < -0.39 is 23.5 Å². The summed E-state index contributed by atoms with van der Waals surface area (Å²) in [5, 5.41) is 6.03. The van der Waals surface area contributed by atoms with E-state index in [9.17, 15) is 14.4 Å². The molecule has 6 nitrogen and oxygen atoms in total. The quantitative estimate of drug-likeness (QED) is 0.833. The Kier molecular flexibility index (Phi) is 4.02. The van der Waals surface area contributed by atoms with Crippen molar-refractivity contribution in [2.45, 2.75) is 44.2 Å². The first kappa shape index (κ1) is 15.8. The molecular weight excluding hydrogens is 318 g/mol. The number of urea groups is 1. The van der Waals surface area contributed by atoms with Crippen LogP contribution < -0.4 is 10.6 Å². The molecular formula is C16H18ClN3O3. The molecule has 23 heavy (non-hydrogen) atoms. The Morgan fingerprint density at radius 3 is 2.48 bits per heavy atom. The number of amides is 4. The van der Waals surface area contributed by atoms with Crippen LogP contribution in [0, 0.1) is 0 Å². The minimum atomic E-state index is -0.877. The van der Waals surface area contributed by atoms with Crippen LogP contribution in [0.25, 0.3) is 0 Å². The monoisotopic (exact) mass is 335 g/mol. The minimum absolute atomic E-state index is 0.293. The van der Waals surface area contributed by atoms with Crippen molar-refractivity contribution in [1.29, 1.82) is 0 Å². The summed E-state index contributed by atoms with van der Waals surface area (Å²) < 4.78 is 0. The van der Waals surface area contributed by atoms with Crippen LogP contribution in [0.5, 0.6) is 0 Å². The Morgan fingerprint density at radius 2 is 1.87 bits per heavy atom. The van der Waals surface area contributed by atoms with Gasteiger partial charge in [-0.2, -0.15) is 0 Å². The highest BCUT2D eigenvalue weighted by Crippen LogP contribution is 2.35. The van der Waals surface area contributed by atoms with E-state index in [2.05, 4.69) is 10.6 Å². The summed E-state index contributed by atoms with van der Waals surface area (Å²) in [5.41, 5.74) is -0.236. The molecule has 0 radical (unpaired) electrons. The van der Waals surface area contributed by atoms with Crippen LogP contribution in [0.2, 0.25) is 5.02 Å². The number of carbonyl (C=O) groups is 3. The zero-order valence-corrected chi connectivity index (χ0v) is 13.5. The van der Waals surface area contributed by atoms with Gasteiger partial charge in [0.15, 0.2) is 0 Å². The van der Waals surface area contributed by atoms with Crippen molar-refractivity contribution in [1.82, 2.24) is 10.2 Å². The van der Waals surface area contributed by atoms with E-state index in [0.717, 1.165) is 17.7 Å². The molecule has 1 atom stereocenters. The predicted molar refractivity (Wildman–Crippen MR) is 86.1 cm³/mol. The van der Waals surface area contributed by atoms with Gasteiger partial charge in [-0.25, -0.2) is 9.69 Å². The van der Waals surface area contributed by atoms with Crippen molar-refractivity contribution in [2.75, 3.05) is 5.32 Å². The number of hydrogen-bond donors (Lipinski definition) is 2. The van der Waals surface area contributed by atoms with Crippen molar-refractivity contribution >= 4 is 35.1 Å². The number of hydrogen-bond acceptors (Lipinski definition) is 3. The number of benzene rings is 1. The van der Waals surface area contributed by atoms with Crippen molar-refractivity contribution in [3.63, 3.8) is 0 Å². The Hall–Kier alpha value is -2.08. The molecule has 1 aromatic carbocycles. The average Bonchev–Trinajstić information content (AvgIpc) is 3.07. The number of nitrogens with zero attached hydrogens (tertiary/aromatic N) is 1. The van der Waals surface area contributed by atoms with Gasteiger partial charge in [0.25, 0.3) is 5.91 Å². The maximum atomic E-state index is 12.6. The maximum Gasteiger partial charge on any atom is 0.325 e. The lowest BCUT2D eigenvalue weighted by Crippen LogP contribution is -2.48. The fourth-order valence-electron chi connectivity index (χ4n) is 3.21. The molecule has 1 saturated heterocycles. The predicted octanol–water partition coefficient (Wildman–Crippen LogP) is 2.53. The lowest BCUT2D eigenvalue weighted by atomic mass is 9.97. The SMILES string of the molecule is C[C@@H](C(=O)Nc1ccc(Cl)cc1)N1C(=O)NC2(CCCC2)C1=O. The molecule has 1 aromatic rings. The molecule has 1 saturated carbocycles. The van der Waals surface area contributed by atoms with Crippen LogP contribution in [0.3, 0.4) is 0 Å². The summed E-state index contributed by atoms with van der Waals surface area (Å²) in [6.45, 7) is 1.55. The normalized spacial score (nSPS) is 20.7. The van der Waals surface area contributed by atoms with E-state index in [1.165, 1.54) is 0 Å². The Bertz CT molecular complexity index is 653. The zero-order valence-electron chi connectivity index (χ0n) is 12.8. The fourth-order valence-corrected chi connectivity index (χ4v) is 3.33. The highest BCUT2D eigenvalue weighted by Gasteiger charge is 2.54. The van der Waals surface area contributed by atoms with Gasteiger partial charge in [0, 0.05) is 10.7 Å². The average molecular weight is 336 g/mol. The molecule has 1 aliphatic heterocycles. The molecule has 122 valence electrons. The molecule has 7 heteroatoms. The molecule has 0 aromatic heterocycles. The summed E-state index contributed by atoms with van der Waals surface area (Å²) in [6.07, 6.45) is 3.09. The highest BCUT2D eigenvalue weighted by molar-refractivity contribution is 6.30. The van der Waals surface area contributed by atoms with Gasteiger partial charge in [-0.05, 0) is 44.0 Å². The molecule has 3 rings (SSSR count). The van der Waals surface area contributed by atoms with Gasteiger partial charge >= 0.3 is 6.03 Å². The molecule has 2 N–H and O–H groups in total. The summed E-state index contributed by atoms with van der Waals surface area (Å²) in [4.78, 5) is 38.2. The van der Waals surface area contributed by atoms with Gasteiger partial charge in [0.2, 0.25) is 5.91 Å². The molecule has 1 spiro atoms. The third kappa shape index (κ3) is 2.79. The lowest BCUT2D eigenvalue weighted by molar-refractivity contribution is -0.136. The molecule has 1 aliphatic carbocycles. The second-order valence-corrected chi connectivity index (χ2v) is 6.50. The van der Waals surface area contributed by atoms with Gasteiger partial charge in [-0.15, -0.1) is 0 Å². The second kappa shape index (κ2) is 5.85. The number of halogens is 1. The molecule has 4 amide bonds. The third-order valence-electron chi connectivity index (χ3n) is 4.53. The van der Waals surface area contributed by atoms with Crippen molar-refractivity contribution in [2.24, 2.45) is 0 Å². The largest absolute Gasteiger partial charge is 0.325 e. The van der Waals surface area contributed by atoms with E-state index in [0.29, 0.717) is 23.6 Å². The van der Waals surface area contributed by atoms with Crippen LogP contribution in [-0.4, -0.2) is 34.3 Å². The molecule has 0 unspecified atom stereocenters. The van der Waals surface area contributed by atoms with E-state index in [1.54, 1.807) is 31.2 Å². The minimum Gasteiger partial charge on any atom is -0.324 e. The Balaban J connectivity index is 1.73. The number of carbonyl (C=O) groups excluding carboxylic acids is 3. The Morgan fingerprint density at radius 1 is 1.26 bits per heavy atom. The summed E-state index contributed by atoms with van der Waals surface area (Å²) in [7, 11) is 0.